The van der Waals surface area contributed by atoms with E-state index in [0.717, 1.165) is 25.5 Å². The topological polar surface area (TPSA) is 29.9 Å². The number of benzene rings is 1. The van der Waals surface area contributed by atoms with Crippen molar-refractivity contribution in [1.29, 1.82) is 0 Å². The molecule has 0 aliphatic carbocycles. The lowest BCUT2D eigenvalue weighted by Gasteiger charge is -2.10. The summed E-state index contributed by atoms with van der Waals surface area (Å²) in [6, 6.07) is 8.60. The van der Waals surface area contributed by atoms with Gasteiger partial charge in [-0.3, -0.25) is 0 Å². The number of hydrogen-bond acceptors (Lipinski definition) is 2. The highest BCUT2D eigenvalue weighted by Crippen LogP contribution is 2.35. The SMILES string of the molecule is c1ccc2c(c1)Cn1c(C3CCNC3)cnc1-2. The predicted octanol–water partition coefficient (Wildman–Crippen LogP) is 1.99. The standard InChI is InChI=1S/C14H15N3/c1-2-4-12-11(3-1)9-17-13(8-16-14(12)17)10-5-6-15-7-10/h1-4,8,10,15H,5-7,9H2. The van der Waals surface area contributed by atoms with Crippen molar-refractivity contribution in [2.75, 3.05) is 13.1 Å². The summed E-state index contributed by atoms with van der Waals surface area (Å²) < 4.78 is 2.39. The van der Waals surface area contributed by atoms with Crippen molar-refractivity contribution in [3.05, 3.63) is 41.7 Å². The molecule has 1 fully saturated rings. The van der Waals surface area contributed by atoms with Crippen LogP contribution in [-0.2, 0) is 6.54 Å². The van der Waals surface area contributed by atoms with E-state index in [1.807, 2.05) is 0 Å². The summed E-state index contributed by atoms with van der Waals surface area (Å²) in [4.78, 5) is 4.62. The maximum absolute atomic E-state index is 4.62. The minimum atomic E-state index is 0.644. The summed E-state index contributed by atoms with van der Waals surface area (Å²) >= 11 is 0. The van der Waals surface area contributed by atoms with Crippen LogP contribution in [0.5, 0.6) is 0 Å². The Labute approximate surface area is 100 Å². The lowest BCUT2D eigenvalue weighted by Crippen LogP contribution is -2.11. The molecule has 1 saturated heterocycles. The molecule has 3 heterocycles. The Bertz CT molecular complexity index is 565. The van der Waals surface area contributed by atoms with Gasteiger partial charge in [0.15, 0.2) is 0 Å². The number of hydrogen-bond donors (Lipinski definition) is 1. The molecule has 3 heteroatoms. The van der Waals surface area contributed by atoms with Crippen molar-refractivity contribution in [2.45, 2.75) is 18.9 Å². The van der Waals surface area contributed by atoms with Gasteiger partial charge < -0.3 is 9.88 Å². The molecule has 0 spiro atoms. The number of rotatable bonds is 1. The van der Waals surface area contributed by atoms with Crippen LogP contribution in [0.25, 0.3) is 11.4 Å². The summed E-state index contributed by atoms with van der Waals surface area (Å²) in [5.41, 5.74) is 4.12. The van der Waals surface area contributed by atoms with Gasteiger partial charge in [-0.25, -0.2) is 4.98 Å². The highest BCUT2D eigenvalue weighted by atomic mass is 15.1. The molecule has 1 unspecified atom stereocenters. The minimum Gasteiger partial charge on any atom is -0.323 e. The second kappa shape index (κ2) is 3.44. The van der Waals surface area contributed by atoms with Crippen molar-refractivity contribution in [3.8, 4) is 11.4 Å². The second-order valence-corrected chi connectivity index (χ2v) is 4.94. The van der Waals surface area contributed by atoms with Gasteiger partial charge in [0.05, 0.1) is 6.54 Å². The van der Waals surface area contributed by atoms with Crippen LogP contribution in [0.15, 0.2) is 30.5 Å². The molecule has 1 atom stereocenters. The van der Waals surface area contributed by atoms with Crippen LogP contribution in [0.2, 0.25) is 0 Å². The average molecular weight is 225 g/mol. The molecule has 1 N–H and O–H groups in total. The number of aromatic nitrogens is 2. The fourth-order valence-corrected chi connectivity index (χ4v) is 3.05. The third kappa shape index (κ3) is 1.29. The van der Waals surface area contributed by atoms with Crippen molar-refractivity contribution in [2.24, 2.45) is 0 Å². The maximum Gasteiger partial charge on any atom is 0.140 e. The predicted molar refractivity (Wildman–Crippen MR) is 67.0 cm³/mol. The van der Waals surface area contributed by atoms with Gasteiger partial charge in [-0.15, -0.1) is 0 Å². The highest BCUT2D eigenvalue weighted by Gasteiger charge is 2.27. The van der Waals surface area contributed by atoms with E-state index in [4.69, 9.17) is 0 Å². The maximum atomic E-state index is 4.62. The first kappa shape index (κ1) is 9.42. The van der Waals surface area contributed by atoms with Crippen LogP contribution >= 0.6 is 0 Å². The van der Waals surface area contributed by atoms with Crippen LogP contribution in [0.3, 0.4) is 0 Å². The van der Waals surface area contributed by atoms with Crippen LogP contribution in [0.4, 0.5) is 0 Å². The number of nitrogens with one attached hydrogen (secondary N) is 1. The van der Waals surface area contributed by atoms with Crippen molar-refractivity contribution >= 4 is 0 Å². The number of nitrogens with zero attached hydrogens (tertiary/aromatic N) is 2. The smallest absolute Gasteiger partial charge is 0.140 e. The Morgan fingerprint density at radius 3 is 3.12 bits per heavy atom. The molecule has 0 amide bonds. The summed E-state index contributed by atoms with van der Waals surface area (Å²) in [6.07, 6.45) is 3.31. The molecular weight excluding hydrogens is 210 g/mol. The molecule has 2 aromatic rings. The van der Waals surface area contributed by atoms with Gasteiger partial charge in [-0.05, 0) is 18.5 Å². The van der Waals surface area contributed by atoms with Gasteiger partial charge in [0, 0.05) is 29.9 Å². The fraction of sp³-hybridized carbons (Fsp3) is 0.357. The third-order valence-corrected chi connectivity index (χ3v) is 3.95. The molecule has 1 aromatic heterocycles. The molecule has 2 aliphatic rings. The highest BCUT2D eigenvalue weighted by molar-refractivity contribution is 5.65. The third-order valence-electron chi connectivity index (χ3n) is 3.95. The largest absolute Gasteiger partial charge is 0.323 e. The first-order valence-electron chi connectivity index (χ1n) is 6.28. The molecule has 17 heavy (non-hydrogen) atoms. The first-order valence-corrected chi connectivity index (χ1v) is 6.28. The van der Waals surface area contributed by atoms with Crippen molar-refractivity contribution in [1.82, 2.24) is 14.9 Å². The normalized spacial score (nSPS) is 21.5. The first-order chi connectivity index (χ1) is 8.43. The molecule has 0 bridgehead atoms. The van der Waals surface area contributed by atoms with E-state index in [2.05, 4.69) is 45.3 Å². The van der Waals surface area contributed by atoms with E-state index in [0.29, 0.717) is 5.92 Å². The van der Waals surface area contributed by atoms with E-state index < -0.39 is 0 Å². The summed E-state index contributed by atoms with van der Waals surface area (Å²) in [5.74, 6) is 1.80. The van der Waals surface area contributed by atoms with Gasteiger partial charge in [0.25, 0.3) is 0 Å². The summed E-state index contributed by atoms with van der Waals surface area (Å²) in [5, 5.41) is 3.43. The van der Waals surface area contributed by atoms with E-state index in [1.54, 1.807) is 0 Å². The average Bonchev–Trinajstić information content (AvgIpc) is 3.04. The van der Waals surface area contributed by atoms with E-state index >= 15 is 0 Å². The summed E-state index contributed by atoms with van der Waals surface area (Å²) in [7, 11) is 0. The monoisotopic (exact) mass is 225 g/mol. The van der Waals surface area contributed by atoms with Gasteiger partial charge in [0.2, 0.25) is 0 Å². The fourth-order valence-electron chi connectivity index (χ4n) is 3.05. The Morgan fingerprint density at radius 1 is 1.29 bits per heavy atom. The molecule has 4 rings (SSSR count). The van der Waals surface area contributed by atoms with Crippen LogP contribution in [-0.4, -0.2) is 22.6 Å². The van der Waals surface area contributed by atoms with Crippen LogP contribution < -0.4 is 5.32 Å². The summed E-state index contributed by atoms with van der Waals surface area (Å²) in [6.45, 7) is 3.23. The zero-order valence-corrected chi connectivity index (χ0v) is 9.69. The Kier molecular flexibility index (Phi) is 1.91. The van der Waals surface area contributed by atoms with Gasteiger partial charge in [-0.1, -0.05) is 24.3 Å². The zero-order valence-electron chi connectivity index (χ0n) is 9.69. The van der Waals surface area contributed by atoms with Crippen LogP contribution in [0, 0.1) is 0 Å². The molecule has 1 aromatic carbocycles. The van der Waals surface area contributed by atoms with Crippen LogP contribution in [0.1, 0.15) is 23.6 Å². The molecule has 2 aliphatic heterocycles. The lowest BCUT2D eigenvalue weighted by atomic mass is 10.1. The van der Waals surface area contributed by atoms with E-state index in [1.165, 1.54) is 23.2 Å². The van der Waals surface area contributed by atoms with Gasteiger partial charge >= 0.3 is 0 Å². The molecule has 3 nitrogen and oxygen atoms in total. The minimum absolute atomic E-state index is 0.644. The lowest BCUT2D eigenvalue weighted by molar-refractivity contribution is 0.669. The Morgan fingerprint density at radius 2 is 2.24 bits per heavy atom. The molecule has 0 saturated carbocycles. The second-order valence-electron chi connectivity index (χ2n) is 4.94. The Hall–Kier alpha value is -1.61. The molecular formula is C14H15N3. The van der Waals surface area contributed by atoms with E-state index in [-0.39, 0.29) is 0 Å². The number of fused-ring (bicyclic) bond motifs is 3. The zero-order chi connectivity index (χ0) is 11.2. The molecule has 0 radical (unpaired) electrons. The quantitative estimate of drug-likeness (QED) is 0.686. The van der Waals surface area contributed by atoms with Crippen molar-refractivity contribution in [3.63, 3.8) is 0 Å². The Balaban J connectivity index is 1.81. The molecule has 86 valence electrons. The number of imidazole rings is 1. The van der Waals surface area contributed by atoms with Crippen molar-refractivity contribution < 1.29 is 0 Å². The van der Waals surface area contributed by atoms with E-state index in [9.17, 15) is 0 Å². The van der Waals surface area contributed by atoms with Gasteiger partial charge in [-0.2, -0.15) is 0 Å². The van der Waals surface area contributed by atoms with Gasteiger partial charge in [0.1, 0.15) is 5.82 Å².